The minimum atomic E-state index is -0.480. The van der Waals surface area contributed by atoms with Gasteiger partial charge >= 0.3 is 5.97 Å². The van der Waals surface area contributed by atoms with Gasteiger partial charge in [0.2, 0.25) is 6.08 Å². The van der Waals surface area contributed by atoms with Crippen LogP contribution in [0.25, 0.3) is 0 Å². The molecule has 0 unspecified atom stereocenters. The number of rotatable bonds is 2. The molecule has 0 radical (unpaired) electrons. The Bertz CT molecular complexity index is 377. The van der Waals surface area contributed by atoms with E-state index in [0.29, 0.717) is 10.6 Å². The number of hydrogen-bond donors (Lipinski definition) is 0. The van der Waals surface area contributed by atoms with Gasteiger partial charge in [0.1, 0.15) is 10.6 Å². The van der Waals surface area contributed by atoms with Gasteiger partial charge in [0.25, 0.3) is 0 Å². The van der Waals surface area contributed by atoms with E-state index in [2.05, 4.69) is 9.73 Å². The molecule has 1 heterocycles. The lowest BCUT2D eigenvalue weighted by atomic mass is 10.3. The molecule has 4 nitrogen and oxygen atoms in total. The number of hydrogen-bond acceptors (Lipinski definition) is 5. The number of esters is 1. The fourth-order valence-corrected chi connectivity index (χ4v) is 1.76. The van der Waals surface area contributed by atoms with Crippen LogP contribution in [0, 0.1) is 6.92 Å². The monoisotopic (exact) mass is 197 g/mol. The third-order valence-corrected chi connectivity index (χ3v) is 2.54. The van der Waals surface area contributed by atoms with E-state index in [9.17, 15) is 9.59 Å². The molecule has 68 valence electrons. The average Bonchev–Trinajstić information content (AvgIpc) is 2.48. The number of thiophene rings is 1. The molecular formula is C8H7NO3S. The molecule has 1 aromatic heterocycles. The third kappa shape index (κ3) is 1.83. The summed E-state index contributed by atoms with van der Waals surface area (Å²) in [6.45, 7) is 1.76. The second kappa shape index (κ2) is 3.98. The number of aliphatic imine (C=N–C) groups is 1. The molecular weight excluding hydrogens is 190 g/mol. The van der Waals surface area contributed by atoms with Crippen molar-refractivity contribution >= 4 is 29.1 Å². The molecule has 0 amide bonds. The van der Waals surface area contributed by atoms with Crippen molar-refractivity contribution in [2.75, 3.05) is 7.11 Å². The van der Waals surface area contributed by atoms with Crippen LogP contribution < -0.4 is 0 Å². The summed E-state index contributed by atoms with van der Waals surface area (Å²) >= 11 is 1.20. The number of ether oxygens (including phenoxy) is 1. The molecule has 5 heteroatoms. The number of nitrogens with zero attached hydrogens (tertiary/aromatic N) is 1. The van der Waals surface area contributed by atoms with Crippen LogP contribution in [0.5, 0.6) is 0 Å². The highest BCUT2D eigenvalue weighted by Crippen LogP contribution is 2.30. The van der Waals surface area contributed by atoms with E-state index in [1.807, 2.05) is 0 Å². The SMILES string of the molecule is COC(=O)c1scc(C)c1N=C=O. The lowest BCUT2D eigenvalue weighted by Gasteiger charge is -1.95. The van der Waals surface area contributed by atoms with Crippen LogP contribution in [0.4, 0.5) is 5.69 Å². The number of methoxy groups -OCH3 is 1. The minimum Gasteiger partial charge on any atom is -0.465 e. The quantitative estimate of drug-likeness (QED) is 0.412. The van der Waals surface area contributed by atoms with Crippen molar-refractivity contribution in [3.05, 3.63) is 15.8 Å². The molecule has 1 aromatic rings. The Morgan fingerprint density at radius 3 is 2.92 bits per heavy atom. The number of carbonyl (C=O) groups is 1. The summed E-state index contributed by atoms with van der Waals surface area (Å²) in [6.07, 6.45) is 1.40. The fourth-order valence-electron chi connectivity index (χ4n) is 0.860. The van der Waals surface area contributed by atoms with Gasteiger partial charge in [0, 0.05) is 0 Å². The van der Waals surface area contributed by atoms with E-state index in [4.69, 9.17) is 0 Å². The maximum Gasteiger partial charge on any atom is 0.350 e. The van der Waals surface area contributed by atoms with Crippen molar-refractivity contribution in [1.29, 1.82) is 0 Å². The highest BCUT2D eigenvalue weighted by molar-refractivity contribution is 7.12. The van der Waals surface area contributed by atoms with E-state index >= 15 is 0 Å². The summed E-state index contributed by atoms with van der Waals surface area (Å²) < 4.78 is 4.52. The fraction of sp³-hybridized carbons (Fsp3) is 0.250. The van der Waals surface area contributed by atoms with Crippen molar-refractivity contribution < 1.29 is 14.3 Å². The summed E-state index contributed by atoms with van der Waals surface area (Å²) in [5.41, 5.74) is 1.13. The number of carbonyl (C=O) groups excluding carboxylic acids is 2. The first-order valence-electron chi connectivity index (χ1n) is 3.45. The maximum atomic E-state index is 11.1. The van der Waals surface area contributed by atoms with Crippen LogP contribution >= 0.6 is 11.3 Å². The van der Waals surface area contributed by atoms with E-state index in [0.717, 1.165) is 5.56 Å². The first-order valence-corrected chi connectivity index (χ1v) is 4.33. The molecule has 0 aromatic carbocycles. The molecule has 0 aliphatic heterocycles. The minimum absolute atomic E-state index is 0.336. The van der Waals surface area contributed by atoms with Crippen LogP contribution in [-0.2, 0) is 9.53 Å². The summed E-state index contributed by atoms with van der Waals surface area (Å²) in [4.78, 5) is 24.9. The van der Waals surface area contributed by atoms with Gasteiger partial charge in [0.15, 0.2) is 0 Å². The molecule has 0 bridgehead atoms. The maximum absolute atomic E-state index is 11.1. The zero-order chi connectivity index (χ0) is 9.84. The van der Waals surface area contributed by atoms with Crippen LogP contribution in [0.2, 0.25) is 0 Å². The normalized spacial score (nSPS) is 9.08. The second-order valence-corrected chi connectivity index (χ2v) is 3.17. The first-order chi connectivity index (χ1) is 6.20. The van der Waals surface area contributed by atoms with Crippen molar-refractivity contribution in [1.82, 2.24) is 0 Å². The van der Waals surface area contributed by atoms with Crippen LogP contribution in [0.1, 0.15) is 15.2 Å². The van der Waals surface area contributed by atoms with Gasteiger partial charge in [0.05, 0.1) is 7.11 Å². The zero-order valence-electron chi connectivity index (χ0n) is 7.16. The summed E-state index contributed by atoms with van der Waals surface area (Å²) in [5.74, 6) is -0.480. The van der Waals surface area contributed by atoms with Gasteiger partial charge < -0.3 is 4.74 Å². The Hall–Kier alpha value is -1.45. The van der Waals surface area contributed by atoms with E-state index in [1.54, 1.807) is 12.3 Å². The predicted molar refractivity (Wildman–Crippen MR) is 48.2 cm³/mol. The van der Waals surface area contributed by atoms with Gasteiger partial charge in [-0.3, -0.25) is 0 Å². The van der Waals surface area contributed by atoms with Crippen molar-refractivity contribution in [2.24, 2.45) is 4.99 Å². The van der Waals surface area contributed by atoms with Crippen LogP contribution in [0.15, 0.2) is 10.4 Å². The molecule has 0 aliphatic carbocycles. The highest BCUT2D eigenvalue weighted by atomic mass is 32.1. The van der Waals surface area contributed by atoms with Crippen molar-refractivity contribution in [3.63, 3.8) is 0 Å². The van der Waals surface area contributed by atoms with E-state index < -0.39 is 5.97 Å². The van der Waals surface area contributed by atoms with Gasteiger partial charge in [-0.2, -0.15) is 4.99 Å². The van der Waals surface area contributed by atoms with Gasteiger partial charge in [-0.25, -0.2) is 9.59 Å². The predicted octanol–water partition coefficient (Wildman–Crippen LogP) is 1.81. The Morgan fingerprint density at radius 2 is 2.38 bits per heavy atom. The molecule has 0 N–H and O–H groups in total. The zero-order valence-corrected chi connectivity index (χ0v) is 7.97. The van der Waals surface area contributed by atoms with Gasteiger partial charge in [-0.1, -0.05) is 0 Å². The van der Waals surface area contributed by atoms with Crippen LogP contribution in [0.3, 0.4) is 0 Å². The largest absolute Gasteiger partial charge is 0.465 e. The average molecular weight is 197 g/mol. The summed E-state index contributed by atoms with van der Waals surface area (Å²) in [5, 5.41) is 1.74. The molecule has 0 fully saturated rings. The Labute approximate surface area is 78.9 Å². The Morgan fingerprint density at radius 1 is 1.69 bits per heavy atom. The number of isocyanates is 1. The van der Waals surface area contributed by atoms with Crippen molar-refractivity contribution in [2.45, 2.75) is 6.92 Å². The molecule has 1 rings (SSSR count). The molecule has 0 saturated carbocycles. The Balaban J connectivity index is 3.21. The van der Waals surface area contributed by atoms with Crippen molar-refractivity contribution in [3.8, 4) is 0 Å². The molecule has 13 heavy (non-hydrogen) atoms. The topological polar surface area (TPSA) is 55.7 Å². The highest BCUT2D eigenvalue weighted by Gasteiger charge is 2.15. The third-order valence-electron chi connectivity index (χ3n) is 1.47. The molecule has 0 saturated heterocycles. The van der Waals surface area contributed by atoms with Gasteiger partial charge in [-0.15, -0.1) is 11.3 Å². The summed E-state index contributed by atoms with van der Waals surface area (Å²) in [6, 6.07) is 0. The lowest BCUT2D eigenvalue weighted by Crippen LogP contribution is -1.97. The molecule has 0 spiro atoms. The van der Waals surface area contributed by atoms with E-state index in [-0.39, 0.29) is 0 Å². The Kier molecular flexibility index (Phi) is 2.95. The smallest absolute Gasteiger partial charge is 0.350 e. The number of aryl methyl sites for hydroxylation is 1. The molecule has 0 atom stereocenters. The van der Waals surface area contributed by atoms with E-state index in [1.165, 1.54) is 24.5 Å². The standard InChI is InChI=1S/C8H7NO3S/c1-5-3-13-7(8(11)12-2)6(5)9-4-10/h3H,1-2H3. The second-order valence-electron chi connectivity index (χ2n) is 2.29. The van der Waals surface area contributed by atoms with Gasteiger partial charge in [-0.05, 0) is 17.9 Å². The summed E-state index contributed by atoms with van der Waals surface area (Å²) in [7, 11) is 1.28. The van der Waals surface area contributed by atoms with Crippen LogP contribution in [-0.4, -0.2) is 19.2 Å². The lowest BCUT2D eigenvalue weighted by molar-refractivity contribution is 0.0607. The molecule has 0 aliphatic rings. The first kappa shape index (κ1) is 9.64.